The first-order chi connectivity index (χ1) is 11.2. The van der Waals surface area contributed by atoms with E-state index < -0.39 is 0 Å². The Morgan fingerprint density at radius 3 is 3.09 bits per heavy atom. The lowest BCUT2D eigenvalue weighted by molar-refractivity contribution is -0.177. The highest BCUT2D eigenvalue weighted by Gasteiger charge is 2.43. The minimum absolute atomic E-state index is 0.00674. The monoisotopic (exact) mass is 336 g/mol. The smallest absolute Gasteiger partial charge is 0.250 e. The first-order valence-corrected chi connectivity index (χ1v) is 9.43. The number of fused-ring (bicyclic) bond motifs is 1. The molecule has 4 rings (SSSR count). The fourth-order valence-corrected chi connectivity index (χ4v) is 4.92. The van der Waals surface area contributed by atoms with Gasteiger partial charge in [-0.3, -0.25) is 14.5 Å². The Labute approximate surface area is 141 Å². The van der Waals surface area contributed by atoms with E-state index >= 15 is 0 Å². The summed E-state index contributed by atoms with van der Waals surface area (Å²) in [5, 5.41) is 3.73. The molecule has 5 nitrogen and oxygen atoms in total. The topological polar surface area (TPSA) is 42.0 Å². The van der Waals surface area contributed by atoms with Crippen molar-refractivity contribution in [2.24, 2.45) is 5.92 Å². The largest absolute Gasteiger partial charge is 0.377 e. The summed E-state index contributed by atoms with van der Waals surface area (Å²) in [6.07, 6.45) is 3.05. The zero-order valence-electron chi connectivity index (χ0n) is 13.6. The van der Waals surface area contributed by atoms with Crippen LogP contribution in [0.1, 0.15) is 29.7 Å². The molecule has 0 spiro atoms. The molecule has 0 bridgehead atoms. The first kappa shape index (κ1) is 15.6. The van der Waals surface area contributed by atoms with Crippen molar-refractivity contribution >= 4 is 17.2 Å². The van der Waals surface area contributed by atoms with Crippen molar-refractivity contribution in [1.82, 2.24) is 9.96 Å². The number of nitrogens with zero attached hydrogens (tertiary/aromatic N) is 2. The van der Waals surface area contributed by atoms with Crippen molar-refractivity contribution in [2.75, 3.05) is 26.3 Å². The average Bonchev–Trinajstić information content (AvgIpc) is 3.28. The van der Waals surface area contributed by atoms with E-state index in [1.54, 1.807) is 5.06 Å². The van der Waals surface area contributed by atoms with Crippen LogP contribution in [-0.2, 0) is 20.9 Å². The van der Waals surface area contributed by atoms with Gasteiger partial charge in [0.1, 0.15) is 0 Å². The lowest BCUT2D eigenvalue weighted by Gasteiger charge is -2.40. The van der Waals surface area contributed by atoms with Gasteiger partial charge in [0.25, 0.3) is 5.91 Å². The van der Waals surface area contributed by atoms with Gasteiger partial charge in [-0.1, -0.05) is 0 Å². The molecule has 0 N–H and O–H groups in total. The highest BCUT2D eigenvalue weighted by atomic mass is 32.1. The predicted octanol–water partition coefficient (Wildman–Crippen LogP) is 2.20. The second kappa shape index (κ2) is 6.51. The predicted molar refractivity (Wildman–Crippen MR) is 88.0 cm³/mol. The highest BCUT2D eigenvalue weighted by molar-refractivity contribution is 7.10. The van der Waals surface area contributed by atoms with Crippen LogP contribution in [0.15, 0.2) is 11.4 Å². The van der Waals surface area contributed by atoms with E-state index in [2.05, 4.69) is 23.3 Å². The maximum Gasteiger partial charge on any atom is 0.250 e. The van der Waals surface area contributed by atoms with Gasteiger partial charge in [-0.15, -0.1) is 11.3 Å². The molecule has 0 unspecified atom stereocenters. The van der Waals surface area contributed by atoms with Crippen LogP contribution < -0.4 is 0 Å². The Morgan fingerprint density at radius 1 is 1.43 bits per heavy atom. The Bertz CT molecular complexity index is 570. The third kappa shape index (κ3) is 3.05. The van der Waals surface area contributed by atoms with Gasteiger partial charge in [0.05, 0.1) is 25.2 Å². The van der Waals surface area contributed by atoms with Crippen LogP contribution in [0.3, 0.4) is 0 Å². The van der Waals surface area contributed by atoms with Crippen LogP contribution in [0, 0.1) is 12.8 Å². The summed E-state index contributed by atoms with van der Waals surface area (Å²) in [7, 11) is 0. The number of hydroxylamine groups is 2. The van der Waals surface area contributed by atoms with Crippen molar-refractivity contribution < 1.29 is 14.4 Å². The quantitative estimate of drug-likeness (QED) is 0.849. The van der Waals surface area contributed by atoms with E-state index in [0.29, 0.717) is 12.6 Å². The second-order valence-corrected chi connectivity index (χ2v) is 7.78. The molecule has 0 aliphatic carbocycles. The summed E-state index contributed by atoms with van der Waals surface area (Å²) in [5.41, 5.74) is 1.35. The summed E-state index contributed by atoms with van der Waals surface area (Å²) in [6.45, 7) is 6.13. The molecule has 0 saturated carbocycles. The van der Waals surface area contributed by atoms with Gasteiger partial charge in [-0.2, -0.15) is 0 Å². The maximum absolute atomic E-state index is 12.7. The van der Waals surface area contributed by atoms with Gasteiger partial charge < -0.3 is 4.74 Å². The van der Waals surface area contributed by atoms with Gasteiger partial charge in [0.15, 0.2) is 0 Å². The summed E-state index contributed by atoms with van der Waals surface area (Å²) in [6, 6.07) is 2.63. The molecule has 3 aliphatic heterocycles. The molecule has 3 fully saturated rings. The van der Waals surface area contributed by atoms with Crippen molar-refractivity contribution in [3.63, 3.8) is 0 Å². The molecule has 3 atom stereocenters. The normalized spacial score (nSPS) is 31.5. The summed E-state index contributed by atoms with van der Waals surface area (Å²) in [4.78, 5) is 22.1. The Balaban J connectivity index is 1.50. The van der Waals surface area contributed by atoms with Crippen molar-refractivity contribution in [2.45, 2.75) is 44.9 Å². The number of piperidine rings is 1. The minimum atomic E-state index is -0.00674. The minimum Gasteiger partial charge on any atom is -0.377 e. The van der Waals surface area contributed by atoms with Gasteiger partial charge in [0.2, 0.25) is 0 Å². The standard InChI is InChI=1S/C17H24N2O3S/c1-12-4-8-23-16(12)11-18-10-13(9-15-14(18)3-7-21-15)17(20)19-5-2-6-22-19/h4,8,13-15H,2-3,5-7,9-11H2,1H3/t13-,14+,15+/m0/s1. The number of carbonyl (C=O) groups excluding carboxylic acids is 1. The number of ether oxygens (including phenoxy) is 1. The number of carbonyl (C=O) groups is 1. The molecule has 3 aliphatic rings. The molecular weight excluding hydrogens is 312 g/mol. The molecule has 1 aromatic heterocycles. The second-order valence-electron chi connectivity index (χ2n) is 6.78. The first-order valence-electron chi connectivity index (χ1n) is 8.55. The van der Waals surface area contributed by atoms with Crippen molar-refractivity contribution in [1.29, 1.82) is 0 Å². The fourth-order valence-electron chi connectivity index (χ4n) is 3.99. The molecule has 6 heteroatoms. The zero-order chi connectivity index (χ0) is 15.8. The van der Waals surface area contributed by atoms with Crippen LogP contribution in [-0.4, -0.2) is 54.3 Å². The van der Waals surface area contributed by atoms with Gasteiger partial charge in [-0.05, 0) is 43.2 Å². The third-order valence-electron chi connectivity index (χ3n) is 5.28. The Kier molecular flexibility index (Phi) is 4.41. The average molecular weight is 336 g/mol. The molecule has 1 aromatic rings. The van der Waals surface area contributed by atoms with Gasteiger partial charge in [0, 0.05) is 30.6 Å². The van der Waals surface area contributed by atoms with E-state index in [1.165, 1.54) is 10.4 Å². The van der Waals surface area contributed by atoms with E-state index in [1.807, 2.05) is 11.3 Å². The number of rotatable bonds is 3. The number of hydrogen-bond acceptors (Lipinski definition) is 5. The number of amides is 1. The van der Waals surface area contributed by atoms with E-state index in [9.17, 15) is 4.79 Å². The van der Waals surface area contributed by atoms with E-state index in [0.717, 1.165) is 45.5 Å². The van der Waals surface area contributed by atoms with Crippen molar-refractivity contribution in [3.05, 3.63) is 21.9 Å². The summed E-state index contributed by atoms with van der Waals surface area (Å²) in [5.74, 6) is 0.136. The molecule has 0 radical (unpaired) electrons. The number of aryl methyl sites for hydroxylation is 1. The van der Waals surface area contributed by atoms with Crippen LogP contribution in [0.4, 0.5) is 0 Å². The Hall–Kier alpha value is -0.950. The summed E-state index contributed by atoms with van der Waals surface area (Å²) < 4.78 is 5.93. The van der Waals surface area contributed by atoms with Crippen LogP contribution >= 0.6 is 11.3 Å². The van der Waals surface area contributed by atoms with Crippen molar-refractivity contribution in [3.8, 4) is 0 Å². The van der Waals surface area contributed by atoms with Gasteiger partial charge in [-0.25, -0.2) is 5.06 Å². The lowest BCUT2D eigenvalue weighted by atomic mass is 9.89. The van der Waals surface area contributed by atoms with E-state index in [4.69, 9.17) is 9.57 Å². The lowest BCUT2D eigenvalue weighted by Crippen LogP contribution is -2.52. The molecular formula is C17H24N2O3S. The molecule has 1 amide bonds. The number of thiophene rings is 1. The van der Waals surface area contributed by atoms with Crippen LogP contribution in [0.25, 0.3) is 0 Å². The zero-order valence-corrected chi connectivity index (χ0v) is 14.4. The molecule has 3 saturated heterocycles. The number of likely N-dealkylation sites (tertiary alicyclic amines) is 1. The highest BCUT2D eigenvalue weighted by Crippen LogP contribution is 2.34. The molecule has 0 aromatic carbocycles. The van der Waals surface area contributed by atoms with Gasteiger partial charge >= 0.3 is 0 Å². The Morgan fingerprint density at radius 2 is 2.35 bits per heavy atom. The van der Waals surface area contributed by atoms with Crippen LogP contribution in [0.5, 0.6) is 0 Å². The molecule has 4 heterocycles. The molecule has 23 heavy (non-hydrogen) atoms. The number of hydrogen-bond donors (Lipinski definition) is 0. The molecule has 126 valence electrons. The SMILES string of the molecule is Cc1ccsc1CN1C[C@@H](C(=O)N2CCCO2)C[C@H]2OCC[C@H]21. The van der Waals surface area contributed by atoms with E-state index in [-0.39, 0.29) is 17.9 Å². The maximum atomic E-state index is 12.7. The van der Waals surface area contributed by atoms with Crippen LogP contribution in [0.2, 0.25) is 0 Å². The fraction of sp³-hybridized carbons (Fsp3) is 0.706. The summed E-state index contributed by atoms with van der Waals surface area (Å²) >= 11 is 1.81. The third-order valence-corrected chi connectivity index (χ3v) is 6.29.